The monoisotopic (exact) mass is 286 g/mol. The first-order valence-electron chi connectivity index (χ1n) is 4.96. The summed E-state index contributed by atoms with van der Waals surface area (Å²) in [6.45, 7) is 0.0767. The molecule has 2 rings (SSSR count). The van der Waals surface area contributed by atoms with Gasteiger partial charge in [-0.15, -0.1) is 0 Å². The van der Waals surface area contributed by atoms with Crippen molar-refractivity contribution in [3.63, 3.8) is 0 Å². The normalized spacial score (nSPS) is 10.3. The maximum atomic E-state index is 11.1. The van der Waals surface area contributed by atoms with Gasteiger partial charge in [0.2, 0.25) is 0 Å². The van der Waals surface area contributed by atoms with Crippen molar-refractivity contribution in [2.45, 2.75) is 6.61 Å². The molecule has 1 aromatic carbocycles. The molecule has 0 spiro atoms. The lowest BCUT2D eigenvalue weighted by Crippen LogP contribution is -2.04. The Morgan fingerprint density at radius 2 is 2.00 bits per heavy atom. The van der Waals surface area contributed by atoms with Crippen molar-refractivity contribution >= 4 is 29.2 Å². The van der Waals surface area contributed by atoms with Gasteiger partial charge in [0.15, 0.2) is 5.75 Å². The average molecular weight is 287 g/mol. The van der Waals surface area contributed by atoms with E-state index < -0.39 is 5.97 Å². The van der Waals surface area contributed by atoms with Gasteiger partial charge in [0, 0.05) is 0 Å². The Kier molecular flexibility index (Phi) is 3.79. The van der Waals surface area contributed by atoms with Gasteiger partial charge in [0.05, 0.1) is 16.3 Å². The van der Waals surface area contributed by atoms with Crippen LogP contribution in [0.4, 0.5) is 0 Å². The predicted octanol–water partition coefficient (Wildman–Crippen LogP) is 3.86. The Labute approximate surface area is 113 Å². The minimum Gasteiger partial charge on any atom is -0.483 e. The number of hydrogen-bond donors (Lipinski definition) is 1. The molecule has 2 aromatic rings. The number of carboxylic acids is 1. The SMILES string of the molecule is O=C(O)c1c(Cl)ccc(Cl)c1OCc1ccco1. The molecule has 0 unspecified atom stereocenters. The number of ether oxygens (including phenoxy) is 1. The number of carbonyl (C=O) groups is 1. The first-order chi connectivity index (χ1) is 8.59. The second-order valence-electron chi connectivity index (χ2n) is 3.41. The minimum atomic E-state index is -1.20. The van der Waals surface area contributed by atoms with Gasteiger partial charge in [-0.05, 0) is 24.3 Å². The van der Waals surface area contributed by atoms with Crippen molar-refractivity contribution < 1.29 is 19.1 Å². The molecule has 0 aliphatic rings. The molecule has 0 saturated carbocycles. The first kappa shape index (κ1) is 12.8. The topological polar surface area (TPSA) is 59.7 Å². The fourth-order valence-electron chi connectivity index (χ4n) is 1.41. The summed E-state index contributed by atoms with van der Waals surface area (Å²) >= 11 is 11.7. The standard InChI is InChI=1S/C12H8Cl2O4/c13-8-3-4-9(14)11(10(8)12(15)16)18-6-7-2-1-5-17-7/h1-5H,6H2,(H,15,16). The first-order valence-corrected chi connectivity index (χ1v) is 5.71. The van der Waals surface area contributed by atoms with E-state index >= 15 is 0 Å². The highest BCUT2D eigenvalue weighted by molar-refractivity contribution is 6.36. The van der Waals surface area contributed by atoms with Crippen LogP contribution < -0.4 is 4.74 Å². The van der Waals surface area contributed by atoms with E-state index in [1.807, 2.05) is 0 Å². The Morgan fingerprint density at radius 3 is 2.61 bits per heavy atom. The number of furan rings is 1. The van der Waals surface area contributed by atoms with E-state index in [0.29, 0.717) is 5.76 Å². The van der Waals surface area contributed by atoms with E-state index in [-0.39, 0.29) is 28.0 Å². The van der Waals surface area contributed by atoms with E-state index in [0.717, 1.165) is 0 Å². The van der Waals surface area contributed by atoms with Gasteiger partial charge in [-0.25, -0.2) is 4.79 Å². The van der Waals surface area contributed by atoms with Crippen LogP contribution in [0, 0.1) is 0 Å². The summed E-state index contributed by atoms with van der Waals surface area (Å²) in [6, 6.07) is 6.30. The maximum absolute atomic E-state index is 11.1. The average Bonchev–Trinajstić information content (AvgIpc) is 2.82. The highest BCUT2D eigenvalue weighted by atomic mass is 35.5. The van der Waals surface area contributed by atoms with Gasteiger partial charge in [0.25, 0.3) is 0 Å². The molecule has 0 aliphatic heterocycles. The van der Waals surface area contributed by atoms with Crippen LogP contribution >= 0.6 is 23.2 Å². The van der Waals surface area contributed by atoms with Gasteiger partial charge < -0.3 is 14.3 Å². The van der Waals surface area contributed by atoms with Crippen LogP contribution in [0.5, 0.6) is 5.75 Å². The molecule has 0 amide bonds. The molecule has 0 atom stereocenters. The molecule has 4 nitrogen and oxygen atoms in total. The van der Waals surface area contributed by atoms with Gasteiger partial charge in [-0.1, -0.05) is 23.2 Å². The summed E-state index contributed by atoms with van der Waals surface area (Å²) in [7, 11) is 0. The molecule has 0 fully saturated rings. The fraction of sp³-hybridized carbons (Fsp3) is 0.0833. The molecule has 0 saturated heterocycles. The van der Waals surface area contributed by atoms with Crippen LogP contribution in [0.25, 0.3) is 0 Å². The van der Waals surface area contributed by atoms with Crippen molar-refractivity contribution in [1.82, 2.24) is 0 Å². The van der Waals surface area contributed by atoms with Crippen molar-refractivity contribution in [3.8, 4) is 5.75 Å². The molecule has 18 heavy (non-hydrogen) atoms. The molecule has 0 aliphatic carbocycles. The number of rotatable bonds is 4. The number of hydrogen-bond acceptors (Lipinski definition) is 3. The molecule has 6 heteroatoms. The zero-order chi connectivity index (χ0) is 13.1. The van der Waals surface area contributed by atoms with Gasteiger partial charge in [-0.3, -0.25) is 0 Å². The molecule has 1 heterocycles. The largest absolute Gasteiger partial charge is 0.483 e. The molecule has 94 valence electrons. The second kappa shape index (κ2) is 5.33. The third kappa shape index (κ3) is 2.60. The summed E-state index contributed by atoms with van der Waals surface area (Å²) < 4.78 is 10.4. The summed E-state index contributed by atoms with van der Waals surface area (Å²) in [4.78, 5) is 11.1. The summed E-state index contributed by atoms with van der Waals surface area (Å²) in [6.07, 6.45) is 1.50. The Balaban J connectivity index is 2.31. The summed E-state index contributed by atoms with van der Waals surface area (Å²) in [5, 5.41) is 9.34. The molecule has 1 N–H and O–H groups in total. The quantitative estimate of drug-likeness (QED) is 0.927. The van der Waals surface area contributed by atoms with Crippen molar-refractivity contribution in [1.29, 1.82) is 0 Å². The maximum Gasteiger partial charge on any atom is 0.341 e. The van der Waals surface area contributed by atoms with Crippen molar-refractivity contribution in [2.24, 2.45) is 0 Å². The van der Waals surface area contributed by atoms with E-state index in [1.54, 1.807) is 12.1 Å². The van der Waals surface area contributed by atoms with Gasteiger partial charge >= 0.3 is 5.97 Å². The molecular weight excluding hydrogens is 279 g/mol. The zero-order valence-corrected chi connectivity index (χ0v) is 10.5. The van der Waals surface area contributed by atoms with E-state index in [9.17, 15) is 4.79 Å². The number of aromatic carboxylic acids is 1. The third-order valence-corrected chi connectivity index (χ3v) is 2.82. The summed E-state index contributed by atoms with van der Waals surface area (Å²) in [5.74, 6) is -0.604. The lowest BCUT2D eigenvalue weighted by Gasteiger charge is -2.11. The minimum absolute atomic E-state index is 0.0352. The Morgan fingerprint density at radius 1 is 1.28 bits per heavy atom. The van der Waals surface area contributed by atoms with Crippen LogP contribution in [0.1, 0.15) is 16.1 Å². The van der Waals surface area contributed by atoms with Gasteiger partial charge in [0.1, 0.15) is 17.9 Å². The highest BCUT2D eigenvalue weighted by Gasteiger charge is 2.19. The van der Waals surface area contributed by atoms with Crippen LogP contribution in [0.3, 0.4) is 0 Å². The lowest BCUT2D eigenvalue weighted by molar-refractivity contribution is 0.0691. The van der Waals surface area contributed by atoms with Crippen molar-refractivity contribution in [2.75, 3.05) is 0 Å². The van der Waals surface area contributed by atoms with Crippen LogP contribution in [-0.4, -0.2) is 11.1 Å². The third-order valence-electron chi connectivity index (χ3n) is 2.21. The number of halogens is 2. The smallest absolute Gasteiger partial charge is 0.341 e. The number of carboxylic acid groups (broad SMARTS) is 1. The van der Waals surface area contributed by atoms with E-state index in [4.69, 9.17) is 37.5 Å². The molecule has 0 radical (unpaired) electrons. The van der Waals surface area contributed by atoms with Crippen LogP contribution in [-0.2, 0) is 6.61 Å². The molecular formula is C12H8Cl2O4. The predicted molar refractivity (Wildman–Crippen MR) is 66.5 cm³/mol. The van der Waals surface area contributed by atoms with Gasteiger partial charge in [-0.2, -0.15) is 0 Å². The van der Waals surface area contributed by atoms with Crippen LogP contribution in [0.15, 0.2) is 34.9 Å². The summed E-state index contributed by atoms with van der Waals surface area (Å²) in [5.41, 5.74) is -0.157. The molecule has 0 bridgehead atoms. The van der Waals surface area contributed by atoms with Crippen molar-refractivity contribution in [3.05, 3.63) is 51.9 Å². The van der Waals surface area contributed by atoms with E-state index in [2.05, 4.69) is 0 Å². The Bertz CT molecular complexity index is 564. The zero-order valence-electron chi connectivity index (χ0n) is 9.02. The van der Waals surface area contributed by atoms with E-state index in [1.165, 1.54) is 18.4 Å². The Hall–Kier alpha value is -1.65. The fourth-order valence-corrected chi connectivity index (χ4v) is 1.85. The number of benzene rings is 1. The second-order valence-corrected chi connectivity index (χ2v) is 4.22. The highest BCUT2D eigenvalue weighted by Crippen LogP contribution is 2.34. The van der Waals surface area contributed by atoms with Crippen LogP contribution in [0.2, 0.25) is 10.0 Å². The lowest BCUT2D eigenvalue weighted by atomic mass is 10.2. The molecule has 1 aromatic heterocycles.